The Morgan fingerprint density at radius 3 is 2.34 bits per heavy atom. The molecular formula is C20H16ClF5N4O2. The molecule has 0 saturated carbocycles. The average molecular weight is 475 g/mol. The third kappa shape index (κ3) is 4.83. The summed E-state index contributed by atoms with van der Waals surface area (Å²) in [6.45, 7) is 0.240. The largest absolute Gasteiger partial charge is 0.492 e. The zero-order valence-corrected chi connectivity index (χ0v) is 17.2. The number of benzene rings is 2. The number of rotatable bonds is 6. The van der Waals surface area contributed by atoms with Crippen LogP contribution in [0.15, 0.2) is 42.6 Å². The van der Waals surface area contributed by atoms with Gasteiger partial charge in [-0.25, -0.2) is 8.78 Å². The molecule has 1 amide bonds. The van der Waals surface area contributed by atoms with E-state index in [4.69, 9.17) is 22.1 Å². The number of carbonyl (C=O) groups is 1. The van der Waals surface area contributed by atoms with Gasteiger partial charge in [-0.05, 0) is 30.3 Å². The van der Waals surface area contributed by atoms with E-state index in [1.807, 2.05) is 0 Å². The van der Waals surface area contributed by atoms with Gasteiger partial charge in [0, 0.05) is 25.2 Å². The highest BCUT2D eigenvalue weighted by Crippen LogP contribution is 2.40. The summed E-state index contributed by atoms with van der Waals surface area (Å²) in [6, 6.07) is 5.33. The Kier molecular flexibility index (Phi) is 6.70. The standard InChI is InChI=1S/C20H16ClF5N4O2/c1-29-18(16(21)10-28-29)15-9-13(2-3-17(15)32-5-4-27)30(19(31)20(24,25)26)14-7-11(22)6-12(23)8-14/h2-3,6-10H,4-5,27H2,1H3. The van der Waals surface area contributed by atoms with Crippen LogP contribution >= 0.6 is 11.6 Å². The van der Waals surface area contributed by atoms with E-state index in [-0.39, 0.29) is 45.8 Å². The summed E-state index contributed by atoms with van der Waals surface area (Å²) in [7, 11) is 1.54. The number of nitrogens with two attached hydrogens (primary N) is 1. The van der Waals surface area contributed by atoms with Crippen LogP contribution in [-0.4, -0.2) is 35.0 Å². The Morgan fingerprint density at radius 1 is 1.16 bits per heavy atom. The van der Waals surface area contributed by atoms with Gasteiger partial charge < -0.3 is 10.5 Å². The predicted octanol–water partition coefficient (Wildman–Crippen LogP) is 4.58. The Hall–Kier alpha value is -3.18. The molecule has 0 unspecified atom stereocenters. The SMILES string of the molecule is Cn1ncc(Cl)c1-c1cc(N(C(=O)C(F)(F)F)c2cc(F)cc(F)c2)ccc1OCCN. The van der Waals surface area contributed by atoms with Crippen molar-refractivity contribution in [1.82, 2.24) is 9.78 Å². The molecule has 0 bridgehead atoms. The quantitative estimate of drug-likeness (QED) is 0.531. The molecule has 0 aliphatic carbocycles. The Morgan fingerprint density at radius 2 is 1.81 bits per heavy atom. The molecule has 2 aromatic carbocycles. The lowest BCUT2D eigenvalue weighted by Gasteiger charge is -2.25. The van der Waals surface area contributed by atoms with Gasteiger partial charge >= 0.3 is 12.1 Å². The van der Waals surface area contributed by atoms with E-state index in [0.717, 1.165) is 6.07 Å². The number of anilines is 2. The third-order valence-electron chi connectivity index (χ3n) is 4.30. The summed E-state index contributed by atoms with van der Waals surface area (Å²) in [6.07, 6.45) is -4.02. The maximum Gasteiger partial charge on any atom is 0.472 e. The second-order valence-electron chi connectivity index (χ2n) is 6.55. The summed E-state index contributed by atoms with van der Waals surface area (Å²) in [4.78, 5) is 12.4. The molecule has 170 valence electrons. The van der Waals surface area contributed by atoms with Crippen LogP contribution in [0.3, 0.4) is 0 Å². The van der Waals surface area contributed by atoms with Crippen molar-refractivity contribution in [3.05, 3.63) is 59.3 Å². The number of amides is 1. The number of aryl methyl sites for hydroxylation is 1. The van der Waals surface area contributed by atoms with Gasteiger partial charge in [0.15, 0.2) is 0 Å². The first-order valence-corrected chi connectivity index (χ1v) is 9.43. The first kappa shape index (κ1) is 23.5. The molecule has 32 heavy (non-hydrogen) atoms. The highest BCUT2D eigenvalue weighted by atomic mass is 35.5. The van der Waals surface area contributed by atoms with Gasteiger partial charge in [-0.15, -0.1) is 0 Å². The van der Waals surface area contributed by atoms with Gasteiger partial charge in [0.2, 0.25) is 0 Å². The molecule has 0 saturated heterocycles. The Labute approximate surface area is 183 Å². The van der Waals surface area contributed by atoms with Crippen molar-refractivity contribution < 1.29 is 31.5 Å². The summed E-state index contributed by atoms with van der Waals surface area (Å²) >= 11 is 6.19. The fourth-order valence-electron chi connectivity index (χ4n) is 3.03. The van der Waals surface area contributed by atoms with Crippen molar-refractivity contribution >= 4 is 28.9 Å². The molecule has 0 fully saturated rings. The topological polar surface area (TPSA) is 73.4 Å². The van der Waals surface area contributed by atoms with E-state index in [1.165, 1.54) is 23.0 Å². The van der Waals surface area contributed by atoms with Gasteiger partial charge in [0.1, 0.15) is 24.0 Å². The normalized spacial score (nSPS) is 11.5. The molecule has 3 rings (SSSR count). The lowest BCUT2D eigenvalue weighted by atomic mass is 10.1. The minimum atomic E-state index is -5.33. The summed E-state index contributed by atoms with van der Waals surface area (Å²) in [5.74, 6) is -4.45. The number of ether oxygens (including phenoxy) is 1. The van der Waals surface area contributed by atoms with Crippen molar-refractivity contribution in [1.29, 1.82) is 0 Å². The second-order valence-corrected chi connectivity index (χ2v) is 6.96. The van der Waals surface area contributed by atoms with E-state index >= 15 is 0 Å². The molecule has 6 nitrogen and oxygen atoms in total. The number of hydrogen-bond acceptors (Lipinski definition) is 4. The lowest BCUT2D eigenvalue weighted by molar-refractivity contribution is -0.169. The maximum absolute atomic E-state index is 13.8. The average Bonchev–Trinajstić information content (AvgIpc) is 3.03. The zero-order valence-electron chi connectivity index (χ0n) is 16.5. The van der Waals surface area contributed by atoms with Crippen molar-refractivity contribution in [2.45, 2.75) is 6.18 Å². The lowest BCUT2D eigenvalue weighted by Crippen LogP contribution is -2.38. The third-order valence-corrected chi connectivity index (χ3v) is 4.57. The fraction of sp³-hybridized carbons (Fsp3) is 0.200. The van der Waals surface area contributed by atoms with Crippen molar-refractivity contribution in [3.63, 3.8) is 0 Å². The maximum atomic E-state index is 13.8. The smallest absolute Gasteiger partial charge is 0.472 e. The van der Waals surface area contributed by atoms with Crippen molar-refractivity contribution in [2.75, 3.05) is 18.1 Å². The van der Waals surface area contributed by atoms with E-state index < -0.39 is 29.4 Å². The van der Waals surface area contributed by atoms with Crippen LogP contribution in [0.25, 0.3) is 11.3 Å². The number of carbonyl (C=O) groups excluding carboxylic acids is 1. The fourth-order valence-corrected chi connectivity index (χ4v) is 3.30. The second kappa shape index (κ2) is 9.13. The van der Waals surface area contributed by atoms with Crippen LogP contribution in [0, 0.1) is 11.6 Å². The van der Waals surface area contributed by atoms with E-state index in [0.29, 0.717) is 18.2 Å². The molecular weight excluding hydrogens is 459 g/mol. The van der Waals surface area contributed by atoms with Crippen LogP contribution in [0.2, 0.25) is 5.02 Å². The molecule has 0 radical (unpaired) electrons. The number of nitrogens with zero attached hydrogens (tertiary/aromatic N) is 3. The number of alkyl halides is 3. The van der Waals surface area contributed by atoms with E-state index in [9.17, 15) is 26.7 Å². The Balaban J connectivity index is 2.25. The minimum absolute atomic E-state index is 0.0854. The van der Waals surface area contributed by atoms with Gasteiger partial charge in [-0.1, -0.05) is 11.6 Å². The van der Waals surface area contributed by atoms with Crippen LogP contribution in [0.5, 0.6) is 5.75 Å². The van der Waals surface area contributed by atoms with Gasteiger partial charge in [0.25, 0.3) is 0 Å². The molecule has 0 atom stereocenters. The van der Waals surface area contributed by atoms with Crippen LogP contribution in [0.1, 0.15) is 0 Å². The zero-order chi connectivity index (χ0) is 23.6. The molecule has 1 heterocycles. The Bertz CT molecular complexity index is 1110. The van der Waals surface area contributed by atoms with E-state index in [1.54, 1.807) is 7.05 Å². The van der Waals surface area contributed by atoms with Crippen LogP contribution < -0.4 is 15.4 Å². The number of aromatic nitrogens is 2. The summed E-state index contributed by atoms with van der Waals surface area (Å²) in [5, 5.41) is 4.15. The molecule has 2 N–H and O–H groups in total. The highest BCUT2D eigenvalue weighted by molar-refractivity contribution is 6.33. The van der Waals surface area contributed by atoms with Gasteiger partial charge in [-0.2, -0.15) is 18.3 Å². The molecule has 0 aliphatic heterocycles. The first-order chi connectivity index (χ1) is 15.0. The molecule has 0 spiro atoms. The molecule has 1 aromatic heterocycles. The first-order valence-electron chi connectivity index (χ1n) is 9.05. The predicted molar refractivity (Wildman–Crippen MR) is 108 cm³/mol. The van der Waals surface area contributed by atoms with Gasteiger partial charge in [-0.3, -0.25) is 14.4 Å². The van der Waals surface area contributed by atoms with Crippen molar-refractivity contribution in [3.8, 4) is 17.0 Å². The summed E-state index contributed by atoms with van der Waals surface area (Å²) in [5.41, 5.74) is 4.95. The summed E-state index contributed by atoms with van der Waals surface area (Å²) < 4.78 is 74.5. The van der Waals surface area contributed by atoms with Crippen LogP contribution in [0.4, 0.5) is 33.3 Å². The minimum Gasteiger partial charge on any atom is -0.492 e. The number of halogens is 6. The molecule has 3 aromatic rings. The van der Waals surface area contributed by atoms with E-state index in [2.05, 4.69) is 5.10 Å². The van der Waals surface area contributed by atoms with Crippen LogP contribution in [-0.2, 0) is 11.8 Å². The highest BCUT2D eigenvalue weighted by Gasteiger charge is 2.44. The van der Waals surface area contributed by atoms with Crippen molar-refractivity contribution in [2.24, 2.45) is 12.8 Å². The van der Waals surface area contributed by atoms with Gasteiger partial charge in [0.05, 0.1) is 28.3 Å². The number of hydrogen-bond donors (Lipinski definition) is 1. The molecule has 0 aliphatic rings. The molecule has 12 heteroatoms. The monoisotopic (exact) mass is 474 g/mol.